The number of carbonyl (C=O) groups is 10. The minimum Gasteiger partial charge on any atom is -0.480 e. The highest BCUT2D eigenvalue weighted by Gasteiger charge is 2.39. The van der Waals surface area contributed by atoms with E-state index in [1.807, 2.05) is 20.8 Å². The number of amides is 9. The van der Waals surface area contributed by atoms with Crippen LogP contribution in [0.3, 0.4) is 0 Å². The number of imidazole rings is 1. The van der Waals surface area contributed by atoms with Crippen molar-refractivity contribution in [3.8, 4) is 0 Å². The second-order valence-electron chi connectivity index (χ2n) is 21.2. The molecule has 19 N–H and O–H groups in total. The Labute approximate surface area is 485 Å². The lowest BCUT2D eigenvalue weighted by Gasteiger charge is -2.30. The Balaban J connectivity index is 1.71. The van der Waals surface area contributed by atoms with Crippen molar-refractivity contribution >= 4 is 81.0 Å². The standard InChI is InChI=1S/C53H85BrN16O12/c1-6-7-13-36(48(78)69-53(4,5)51(82)68-39(50(80)81)24-31-16-18-32(54)19-17-31)64-49(79)41-15-11-22-70(41)42(72)27-61-44(74)35(14-8-9-20-55)63-46(76)38(25-33-26-59-29-62-33)66-47(77)40(28-71)67-45(75)37(23-30(2)3)65-43(73)34(56)12-10-21-60-52(57)58/h16-19,26,29-30,34-41,71H,6-15,20-25,27-28,55-56H2,1-5H3,(H,59,62)(H,61,74)(H,63,76)(H,64,79)(H,65,73)(H,66,77)(H,67,75)(H,68,82)(H,69,78)(H,80,81)(H4,57,58,60)/t34-,35-,36-,37-,38-,39-,40-,41-/m0/s1. The fourth-order valence-corrected chi connectivity index (χ4v) is 9.01. The summed E-state index contributed by atoms with van der Waals surface area (Å²) < 4.78 is 0.791. The SMILES string of the molecule is CCCC[C@H](NC(=O)[C@@H]1CCCN1C(=O)CNC(=O)[C@H](CCCCN)NC(=O)[C@H](Cc1cnc[nH]1)NC(=O)[C@H](CO)NC(=O)[C@H](CC(C)C)NC(=O)[C@@H](N)CCCN=C(N)N)C(=O)NC(C)(C)C(=O)N[C@@H](Cc1ccc(Br)cc1)C(=O)O. The molecule has 82 heavy (non-hydrogen) atoms. The van der Waals surface area contributed by atoms with Crippen molar-refractivity contribution in [2.24, 2.45) is 33.8 Å². The van der Waals surface area contributed by atoms with E-state index in [-0.39, 0.29) is 76.5 Å². The molecule has 2 aromatic rings. The maximum Gasteiger partial charge on any atom is 0.326 e. The number of aliphatic imine (C=N–C) groups is 1. The lowest BCUT2D eigenvalue weighted by molar-refractivity contribution is -0.143. The van der Waals surface area contributed by atoms with Crippen LogP contribution in [0.4, 0.5) is 0 Å². The first-order valence-electron chi connectivity index (χ1n) is 27.6. The number of carbonyl (C=O) groups excluding carboxylic acids is 9. The third kappa shape index (κ3) is 23.7. The van der Waals surface area contributed by atoms with Crippen LogP contribution in [0.5, 0.6) is 0 Å². The van der Waals surface area contributed by atoms with Crippen LogP contribution >= 0.6 is 15.9 Å². The topological polar surface area (TPSA) is 456 Å². The largest absolute Gasteiger partial charge is 0.480 e. The minimum atomic E-state index is -1.62. The number of unbranched alkanes of at least 4 members (excludes halogenated alkanes) is 2. The summed E-state index contributed by atoms with van der Waals surface area (Å²) in [4.78, 5) is 148. The molecule has 2 heterocycles. The quantitative estimate of drug-likeness (QED) is 0.0194. The Kier molecular flexibility index (Phi) is 29.4. The Hall–Kier alpha value is -7.24. The fourth-order valence-electron chi connectivity index (χ4n) is 8.75. The maximum atomic E-state index is 14.2. The molecule has 0 bridgehead atoms. The molecule has 0 radical (unpaired) electrons. The number of aromatic nitrogens is 2. The number of nitrogens with one attached hydrogen (secondary N) is 9. The molecule has 0 saturated carbocycles. The predicted octanol–water partition coefficient (Wildman–Crippen LogP) is -2.31. The summed E-state index contributed by atoms with van der Waals surface area (Å²) in [6, 6.07) is -3.09. The highest BCUT2D eigenvalue weighted by Crippen LogP contribution is 2.19. The van der Waals surface area contributed by atoms with E-state index in [1.165, 1.54) is 31.3 Å². The van der Waals surface area contributed by atoms with Crippen LogP contribution in [-0.2, 0) is 60.8 Å². The lowest BCUT2D eigenvalue weighted by Crippen LogP contribution is -2.62. The molecule has 456 valence electrons. The van der Waals surface area contributed by atoms with E-state index in [2.05, 4.69) is 73.4 Å². The number of nitrogens with two attached hydrogens (primary N) is 4. The van der Waals surface area contributed by atoms with Gasteiger partial charge in [0.2, 0.25) is 53.2 Å². The Morgan fingerprint density at radius 1 is 0.780 bits per heavy atom. The highest BCUT2D eigenvalue weighted by molar-refractivity contribution is 9.10. The number of likely N-dealkylation sites (tertiary alicyclic amines) is 1. The Morgan fingerprint density at radius 3 is 2.01 bits per heavy atom. The van der Waals surface area contributed by atoms with Crippen LogP contribution in [0.2, 0.25) is 0 Å². The van der Waals surface area contributed by atoms with Gasteiger partial charge in [0.1, 0.15) is 47.8 Å². The van der Waals surface area contributed by atoms with Gasteiger partial charge in [0.05, 0.1) is 25.5 Å². The van der Waals surface area contributed by atoms with E-state index in [1.54, 1.807) is 24.3 Å². The number of hydrogen-bond donors (Lipinski definition) is 15. The zero-order chi connectivity index (χ0) is 61.1. The lowest BCUT2D eigenvalue weighted by atomic mass is 10.00. The summed E-state index contributed by atoms with van der Waals surface area (Å²) in [6.07, 6.45) is 6.06. The van der Waals surface area contributed by atoms with E-state index in [9.17, 15) is 58.2 Å². The number of rotatable bonds is 36. The number of nitrogens with zero attached hydrogens (tertiary/aromatic N) is 3. The van der Waals surface area contributed by atoms with E-state index in [0.29, 0.717) is 49.8 Å². The number of carboxylic acid groups (broad SMARTS) is 1. The van der Waals surface area contributed by atoms with Gasteiger partial charge in [-0.05, 0) is 102 Å². The summed E-state index contributed by atoms with van der Waals surface area (Å²) in [6.45, 7) is 7.44. The number of aromatic amines is 1. The summed E-state index contributed by atoms with van der Waals surface area (Å²) in [5, 5.41) is 41.0. The van der Waals surface area contributed by atoms with Crippen LogP contribution in [0.15, 0.2) is 46.3 Å². The second kappa shape index (κ2) is 34.9. The monoisotopic (exact) mass is 1220 g/mol. The van der Waals surface area contributed by atoms with Gasteiger partial charge >= 0.3 is 5.97 Å². The molecule has 3 rings (SSSR count). The highest BCUT2D eigenvalue weighted by atomic mass is 79.9. The fraction of sp³-hybridized carbons (Fsp3) is 0.623. The van der Waals surface area contributed by atoms with Gasteiger partial charge in [-0.2, -0.15) is 0 Å². The van der Waals surface area contributed by atoms with Crippen molar-refractivity contribution in [1.82, 2.24) is 57.4 Å². The summed E-state index contributed by atoms with van der Waals surface area (Å²) in [5.74, 6) is -8.34. The normalized spacial score (nSPS) is 15.7. The number of H-pyrrole nitrogens is 1. The van der Waals surface area contributed by atoms with Gasteiger partial charge in [-0.15, -0.1) is 0 Å². The van der Waals surface area contributed by atoms with Crippen LogP contribution in [0.1, 0.15) is 117 Å². The van der Waals surface area contributed by atoms with Crippen LogP contribution < -0.4 is 65.5 Å². The molecule has 1 aromatic heterocycles. The first-order valence-corrected chi connectivity index (χ1v) is 28.4. The first kappa shape index (κ1) is 69.0. The molecular weight excluding hydrogens is 1130 g/mol. The molecule has 1 fully saturated rings. The molecule has 1 saturated heterocycles. The molecule has 1 aromatic carbocycles. The Bertz CT molecular complexity index is 2480. The molecule has 28 nitrogen and oxygen atoms in total. The number of hydrogen-bond acceptors (Lipinski definition) is 15. The number of aliphatic hydroxyl groups is 1. The van der Waals surface area contributed by atoms with Gasteiger partial charge in [0.25, 0.3) is 0 Å². The van der Waals surface area contributed by atoms with Crippen LogP contribution in [0.25, 0.3) is 0 Å². The number of halogens is 1. The van der Waals surface area contributed by atoms with Crippen LogP contribution in [0, 0.1) is 5.92 Å². The van der Waals surface area contributed by atoms with E-state index in [4.69, 9.17) is 22.9 Å². The van der Waals surface area contributed by atoms with Crippen molar-refractivity contribution in [3.05, 3.63) is 52.5 Å². The number of benzene rings is 1. The number of guanidine groups is 1. The maximum absolute atomic E-state index is 14.2. The predicted molar refractivity (Wildman–Crippen MR) is 306 cm³/mol. The van der Waals surface area contributed by atoms with E-state index in [0.717, 1.165) is 4.47 Å². The van der Waals surface area contributed by atoms with Gasteiger partial charge in [0.15, 0.2) is 5.96 Å². The third-order valence-corrected chi connectivity index (χ3v) is 13.9. The van der Waals surface area contributed by atoms with Gasteiger partial charge in [-0.25, -0.2) is 9.78 Å². The van der Waals surface area contributed by atoms with Gasteiger partial charge in [-0.3, -0.25) is 48.1 Å². The van der Waals surface area contributed by atoms with Crippen molar-refractivity contribution in [2.45, 2.75) is 172 Å². The zero-order valence-electron chi connectivity index (χ0n) is 47.4. The van der Waals surface area contributed by atoms with E-state index >= 15 is 0 Å². The summed E-state index contributed by atoms with van der Waals surface area (Å²) >= 11 is 3.34. The van der Waals surface area contributed by atoms with Crippen molar-refractivity contribution in [3.63, 3.8) is 0 Å². The average molecular weight is 1220 g/mol. The number of aliphatic carboxylic acids is 1. The molecule has 29 heteroatoms. The van der Waals surface area contributed by atoms with Crippen molar-refractivity contribution < 1.29 is 58.2 Å². The van der Waals surface area contributed by atoms with Gasteiger partial charge in [0, 0.05) is 42.3 Å². The molecule has 0 spiro atoms. The molecule has 9 amide bonds. The third-order valence-electron chi connectivity index (χ3n) is 13.4. The molecule has 0 aliphatic carbocycles. The summed E-state index contributed by atoms with van der Waals surface area (Å²) in [7, 11) is 0. The zero-order valence-corrected chi connectivity index (χ0v) is 49.0. The molecule has 1 aliphatic rings. The van der Waals surface area contributed by atoms with Crippen molar-refractivity contribution in [1.29, 1.82) is 0 Å². The minimum absolute atomic E-state index is 0.0257. The first-order chi connectivity index (χ1) is 38.8. The van der Waals surface area contributed by atoms with Gasteiger partial charge in [-0.1, -0.05) is 61.7 Å². The smallest absolute Gasteiger partial charge is 0.326 e. The number of carboxylic acids is 1. The summed E-state index contributed by atoms with van der Waals surface area (Å²) in [5.41, 5.74) is 21.9. The van der Waals surface area contributed by atoms with Crippen molar-refractivity contribution in [2.75, 3.05) is 32.8 Å². The average Bonchev–Trinajstić information content (AvgIpc) is 4.22. The van der Waals surface area contributed by atoms with E-state index < -0.39 is 126 Å². The van der Waals surface area contributed by atoms with Gasteiger partial charge < -0.3 is 85.6 Å². The molecule has 8 atom stereocenters. The molecule has 0 unspecified atom stereocenters. The Morgan fingerprint density at radius 2 is 1.40 bits per heavy atom. The molecule has 1 aliphatic heterocycles. The van der Waals surface area contributed by atoms with Crippen LogP contribution in [-0.4, -0.2) is 177 Å². The number of aliphatic hydroxyl groups excluding tert-OH is 1. The second-order valence-corrected chi connectivity index (χ2v) is 22.1. The molecular formula is C53H85BrN16O12.